The average Bonchev–Trinajstić information content (AvgIpc) is 2.88. The van der Waals surface area contributed by atoms with Gasteiger partial charge in [-0.1, -0.05) is 19.3 Å². The molecule has 21 heavy (non-hydrogen) atoms. The Morgan fingerprint density at radius 1 is 1.43 bits per heavy atom. The summed E-state index contributed by atoms with van der Waals surface area (Å²) in [6, 6.07) is 0.406. The quantitative estimate of drug-likeness (QED) is 0.875. The molecule has 0 unspecified atom stereocenters. The number of amides is 1. The van der Waals surface area contributed by atoms with E-state index in [0.717, 1.165) is 43.6 Å². The molecule has 1 amide bonds. The van der Waals surface area contributed by atoms with Gasteiger partial charge in [-0.25, -0.2) is 0 Å². The zero-order chi connectivity index (χ0) is 15.2. The van der Waals surface area contributed by atoms with Gasteiger partial charge in [-0.15, -0.1) is 0 Å². The van der Waals surface area contributed by atoms with Crippen LogP contribution in [-0.4, -0.2) is 39.7 Å². The van der Waals surface area contributed by atoms with Gasteiger partial charge < -0.3 is 10.6 Å². The third-order valence-corrected chi connectivity index (χ3v) is 4.52. The topological polar surface area (TPSA) is 64.2 Å². The fourth-order valence-electron chi connectivity index (χ4n) is 3.24. The minimum atomic E-state index is 0.140. The summed E-state index contributed by atoms with van der Waals surface area (Å²) in [5, 5.41) is 4.35. The number of hydrogen-bond acceptors (Lipinski definition) is 3. The minimum absolute atomic E-state index is 0.140. The number of carbonyl (C=O) groups excluding carboxylic acids is 1. The number of carbonyl (C=O) groups is 1. The Labute approximate surface area is 127 Å². The van der Waals surface area contributed by atoms with E-state index < -0.39 is 0 Å². The molecule has 1 fully saturated rings. The van der Waals surface area contributed by atoms with E-state index in [1.165, 1.54) is 19.3 Å². The van der Waals surface area contributed by atoms with Crippen LogP contribution < -0.4 is 5.73 Å². The predicted octanol–water partition coefficient (Wildman–Crippen LogP) is 2.34. The number of nitrogens with zero attached hydrogens (tertiary/aromatic N) is 3. The molecule has 5 heteroatoms. The second-order valence-corrected chi connectivity index (χ2v) is 5.89. The second-order valence-electron chi connectivity index (χ2n) is 5.89. The van der Waals surface area contributed by atoms with Crippen LogP contribution in [0.5, 0.6) is 0 Å². The number of hydrogen-bond donors (Lipinski definition) is 1. The highest BCUT2D eigenvalue weighted by molar-refractivity contribution is 5.95. The summed E-state index contributed by atoms with van der Waals surface area (Å²) in [5.74, 6) is 0.140. The summed E-state index contributed by atoms with van der Waals surface area (Å²) >= 11 is 0. The van der Waals surface area contributed by atoms with Crippen molar-refractivity contribution in [2.45, 2.75) is 65.0 Å². The molecule has 0 spiro atoms. The second kappa shape index (κ2) is 7.59. The summed E-state index contributed by atoms with van der Waals surface area (Å²) in [6.45, 7) is 6.25. The van der Waals surface area contributed by atoms with Crippen LogP contribution >= 0.6 is 0 Å². The molecule has 1 aliphatic carbocycles. The molecule has 2 rings (SSSR count). The smallest absolute Gasteiger partial charge is 0.257 e. The predicted molar refractivity (Wildman–Crippen MR) is 84.2 cm³/mol. The van der Waals surface area contributed by atoms with Gasteiger partial charge in [0.1, 0.15) is 0 Å². The lowest BCUT2D eigenvalue weighted by atomic mass is 9.93. The van der Waals surface area contributed by atoms with Gasteiger partial charge in [0.2, 0.25) is 0 Å². The Morgan fingerprint density at radius 2 is 2.14 bits per heavy atom. The van der Waals surface area contributed by atoms with Crippen molar-refractivity contribution in [2.24, 2.45) is 5.73 Å². The van der Waals surface area contributed by atoms with Crippen LogP contribution in [0.2, 0.25) is 0 Å². The highest BCUT2D eigenvalue weighted by atomic mass is 16.2. The van der Waals surface area contributed by atoms with Gasteiger partial charge in [-0.05, 0) is 39.7 Å². The molecule has 2 N–H and O–H groups in total. The summed E-state index contributed by atoms with van der Waals surface area (Å²) in [7, 11) is 0. The van der Waals surface area contributed by atoms with Gasteiger partial charge in [0.15, 0.2) is 0 Å². The third-order valence-electron chi connectivity index (χ3n) is 4.52. The molecule has 118 valence electrons. The maximum Gasteiger partial charge on any atom is 0.257 e. The highest BCUT2D eigenvalue weighted by Crippen LogP contribution is 2.24. The van der Waals surface area contributed by atoms with Gasteiger partial charge in [0.25, 0.3) is 5.91 Å². The fraction of sp³-hybridized carbons (Fsp3) is 0.750. The van der Waals surface area contributed by atoms with Crippen molar-refractivity contribution >= 4 is 5.91 Å². The van der Waals surface area contributed by atoms with Gasteiger partial charge >= 0.3 is 0 Å². The first-order valence-electron chi connectivity index (χ1n) is 8.22. The number of aryl methyl sites for hydroxylation is 1. The van der Waals surface area contributed by atoms with E-state index >= 15 is 0 Å². The zero-order valence-electron chi connectivity index (χ0n) is 13.3. The van der Waals surface area contributed by atoms with Crippen LogP contribution in [0, 0.1) is 6.92 Å². The molecular weight excluding hydrogens is 264 g/mol. The summed E-state index contributed by atoms with van der Waals surface area (Å²) in [5.41, 5.74) is 7.25. The maximum atomic E-state index is 12.8. The third kappa shape index (κ3) is 3.64. The van der Waals surface area contributed by atoms with Gasteiger partial charge in [-0.3, -0.25) is 9.48 Å². The molecule has 1 aliphatic rings. The lowest BCUT2D eigenvalue weighted by molar-refractivity contribution is 0.0647. The van der Waals surface area contributed by atoms with Crippen LogP contribution in [0.15, 0.2) is 6.20 Å². The lowest BCUT2D eigenvalue weighted by Gasteiger charge is -2.33. The zero-order valence-corrected chi connectivity index (χ0v) is 13.3. The molecule has 0 aliphatic heterocycles. The van der Waals surface area contributed by atoms with E-state index in [1.807, 2.05) is 16.5 Å². The molecule has 1 aromatic heterocycles. The number of rotatable bonds is 6. The monoisotopic (exact) mass is 292 g/mol. The van der Waals surface area contributed by atoms with E-state index in [2.05, 4.69) is 12.0 Å². The summed E-state index contributed by atoms with van der Waals surface area (Å²) in [4.78, 5) is 14.9. The lowest BCUT2D eigenvalue weighted by Crippen LogP contribution is -2.41. The van der Waals surface area contributed by atoms with Crippen LogP contribution in [-0.2, 0) is 6.54 Å². The summed E-state index contributed by atoms with van der Waals surface area (Å²) in [6.07, 6.45) is 8.67. The summed E-state index contributed by atoms with van der Waals surface area (Å²) < 4.78 is 1.90. The van der Waals surface area contributed by atoms with Gasteiger partial charge in [0, 0.05) is 24.8 Å². The van der Waals surface area contributed by atoms with Crippen LogP contribution in [0.3, 0.4) is 0 Å². The van der Waals surface area contributed by atoms with E-state index in [9.17, 15) is 4.79 Å². The Kier molecular flexibility index (Phi) is 5.79. The molecule has 0 bridgehead atoms. The molecule has 1 aromatic rings. The Bertz CT molecular complexity index is 463. The van der Waals surface area contributed by atoms with Crippen LogP contribution in [0.25, 0.3) is 0 Å². The maximum absolute atomic E-state index is 12.8. The molecule has 0 atom stereocenters. The molecule has 0 radical (unpaired) electrons. The van der Waals surface area contributed by atoms with Crippen molar-refractivity contribution in [3.63, 3.8) is 0 Å². The molecular formula is C16H28N4O. The van der Waals surface area contributed by atoms with Crippen LogP contribution in [0.4, 0.5) is 0 Å². The fourth-order valence-corrected chi connectivity index (χ4v) is 3.24. The van der Waals surface area contributed by atoms with Crippen molar-refractivity contribution < 1.29 is 4.79 Å². The van der Waals surface area contributed by atoms with E-state index in [4.69, 9.17) is 5.73 Å². The van der Waals surface area contributed by atoms with Gasteiger partial charge in [0.05, 0.1) is 11.8 Å². The first kappa shape index (κ1) is 16.0. The molecule has 0 saturated heterocycles. The van der Waals surface area contributed by atoms with Crippen molar-refractivity contribution in [3.05, 3.63) is 17.5 Å². The first-order valence-corrected chi connectivity index (χ1v) is 8.22. The van der Waals surface area contributed by atoms with Crippen molar-refractivity contribution in [1.82, 2.24) is 14.7 Å². The van der Waals surface area contributed by atoms with Crippen molar-refractivity contribution in [3.8, 4) is 0 Å². The number of nitrogens with two attached hydrogens (primary N) is 1. The van der Waals surface area contributed by atoms with Crippen LogP contribution in [0.1, 0.15) is 61.5 Å². The average molecular weight is 292 g/mol. The molecule has 1 heterocycles. The van der Waals surface area contributed by atoms with Crippen molar-refractivity contribution in [1.29, 1.82) is 0 Å². The van der Waals surface area contributed by atoms with E-state index in [0.29, 0.717) is 12.6 Å². The molecule has 5 nitrogen and oxygen atoms in total. The van der Waals surface area contributed by atoms with E-state index in [-0.39, 0.29) is 5.91 Å². The Balaban J connectivity index is 2.11. The standard InChI is InChI=1S/C16H28N4O/c1-3-19(14-8-5-4-6-9-14)16(21)15-12-18-20(13(15)2)11-7-10-17/h12,14H,3-11,17H2,1-2H3. The Morgan fingerprint density at radius 3 is 2.76 bits per heavy atom. The molecule has 1 saturated carbocycles. The largest absolute Gasteiger partial charge is 0.336 e. The Hall–Kier alpha value is -1.36. The normalized spacial score (nSPS) is 16.1. The van der Waals surface area contributed by atoms with Crippen molar-refractivity contribution in [2.75, 3.05) is 13.1 Å². The first-order chi connectivity index (χ1) is 10.2. The minimum Gasteiger partial charge on any atom is -0.336 e. The SMILES string of the molecule is CCN(C(=O)c1cnn(CCCN)c1C)C1CCCCC1. The highest BCUT2D eigenvalue weighted by Gasteiger charge is 2.27. The molecule has 0 aromatic carbocycles. The van der Waals surface area contributed by atoms with Gasteiger partial charge in [-0.2, -0.15) is 5.10 Å². The number of aromatic nitrogens is 2. The van der Waals surface area contributed by atoms with E-state index in [1.54, 1.807) is 6.20 Å².